The fourth-order valence-electron chi connectivity index (χ4n) is 1.97. The summed E-state index contributed by atoms with van der Waals surface area (Å²) in [5, 5.41) is 5.99. The Bertz CT molecular complexity index is 659. The van der Waals surface area contributed by atoms with Crippen LogP contribution in [0.25, 0.3) is 0 Å². The predicted molar refractivity (Wildman–Crippen MR) is 94.4 cm³/mol. The molecule has 1 N–H and O–H groups in total. The number of ether oxygens (including phenoxy) is 2. The van der Waals surface area contributed by atoms with Crippen LogP contribution in [0.4, 0.5) is 0 Å². The summed E-state index contributed by atoms with van der Waals surface area (Å²) >= 11 is 3.19. The molecule has 1 aromatic heterocycles. The van der Waals surface area contributed by atoms with Crippen LogP contribution in [0.1, 0.15) is 16.3 Å². The fraction of sp³-hybridized carbons (Fsp3) is 0.375. The maximum atomic E-state index is 11.9. The van der Waals surface area contributed by atoms with Crippen molar-refractivity contribution in [1.82, 2.24) is 10.3 Å². The van der Waals surface area contributed by atoms with E-state index in [9.17, 15) is 4.79 Å². The van der Waals surface area contributed by atoms with Gasteiger partial charge in [-0.25, -0.2) is 4.98 Å². The molecule has 0 saturated carbocycles. The number of aromatic nitrogens is 1. The van der Waals surface area contributed by atoms with Crippen molar-refractivity contribution < 1.29 is 14.3 Å². The summed E-state index contributed by atoms with van der Waals surface area (Å²) in [5.74, 6) is 2.53. The van der Waals surface area contributed by atoms with Gasteiger partial charge in [-0.3, -0.25) is 4.79 Å². The zero-order valence-electron chi connectivity index (χ0n) is 13.4. The van der Waals surface area contributed by atoms with Crippen LogP contribution in [0.15, 0.2) is 23.6 Å². The van der Waals surface area contributed by atoms with Crippen LogP contribution in [0, 0.1) is 6.92 Å². The van der Waals surface area contributed by atoms with E-state index in [4.69, 9.17) is 9.47 Å². The Balaban J connectivity index is 1.75. The second-order valence-corrected chi connectivity index (χ2v) is 6.86. The molecule has 0 fully saturated rings. The molecule has 0 atom stereocenters. The molecule has 124 valence electrons. The van der Waals surface area contributed by atoms with Crippen molar-refractivity contribution in [3.05, 3.63) is 39.8 Å². The van der Waals surface area contributed by atoms with Crippen molar-refractivity contribution >= 4 is 29.0 Å². The van der Waals surface area contributed by atoms with Gasteiger partial charge in [0.2, 0.25) is 5.91 Å². The van der Waals surface area contributed by atoms with Gasteiger partial charge in [-0.2, -0.15) is 0 Å². The smallest absolute Gasteiger partial charge is 0.230 e. The van der Waals surface area contributed by atoms with E-state index in [2.05, 4.69) is 10.3 Å². The van der Waals surface area contributed by atoms with E-state index in [-0.39, 0.29) is 5.91 Å². The summed E-state index contributed by atoms with van der Waals surface area (Å²) < 4.78 is 10.4. The van der Waals surface area contributed by atoms with Gasteiger partial charge in [-0.1, -0.05) is 6.07 Å². The van der Waals surface area contributed by atoms with Crippen LogP contribution in [0.5, 0.6) is 11.5 Å². The maximum Gasteiger partial charge on any atom is 0.230 e. The number of carbonyl (C=O) groups is 1. The zero-order valence-corrected chi connectivity index (χ0v) is 15.1. The highest BCUT2D eigenvalue weighted by atomic mass is 32.2. The van der Waals surface area contributed by atoms with Gasteiger partial charge in [-0.15, -0.1) is 23.1 Å². The Morgan fingerprint density at radius 2 is 2.09 bits per heavy atom. The van der Waals surface area contributed by atoms with E-state index in [1.54, 1.807) is 37.3 Å². The quantitative estimate of drug-likeness (QED) is 0.791. The Hall–Kier alpha value is -1.73. The fourth-order valence-corrected chi connectivity index (χ4v) is 3.43. The molecule has 0 spiro atoms. The third-order valence-corrected chi connectivity index (χ3v) is 4.88. The third-order valence-electron chi connectivity index (χ3n) is 3.09. The van der Waals surface area contributed by atoms with E-state index in [0.29, 0.717) is 23.8 Å². The van der Waals surface area contributed by atoms with Gasteiger partial charge in [0.15, 0.2) is 11.5 Å². The van der Waals surface area contributed by atoms with Gasteiger partial charge in [0.25, 0.3) is 0 Å². The standard InChI is InChI=1S/C16H20N2O3S2/c1-11-18-13(9-23-11)8-22-10-16(19)17-7-12-4-5-14(20-2)15(6-12)21-3/h4-6,9H,7-8,10H2,1-3H3,(H,17,19). The van der Waals surface area contributed by atoms with E-state index >= 15 is 0 Å². The number of nitrogens with zero attached hydrogens (tertiary/aromatic N) is 1. The largest absolute Gasteiger partial charge is 0.493 e. The summed E-state index contributed by atoms with van der Waals surface area (Å²) in [6.07, 6.45) is 0. The van der Waals surface area contributed by atoms with Crippen molar-refractivity contribution in [3.8, 4) is 11.5 Å². The first-order valence-corrected chi connectivity index (χ1v) is 9.12. The Kier molecular flexibility index (Phi) is 6.73. The molecule has 1 amide bonds. The molecule has 0 unspecified atom stereocenters. The van der Waals surface area contributed by atoms with E-state index < -0.39 is 0 Å². The number of methoxy groups -OCH3 is 2. The first kappa shape index (κ1) is 17.6. The molecule has 0 aliphatic carbocycles. The molecule has 0 aliphatic heterocycles. The van der Waals surface area contributed by atoms with Crippen molar-refractivity contribution in [2.75, 3.05) is 20.0 Å². The van der Waals surface area contributed by atoms with Crippen LogP contribution < -0.4 is 14.8 Å². The number of thiazole rings is 1. The number of thioether (sulfide) groups is 1. The van der Waals surface area contributed by atoms with Crippen LogP contribution in [0.2, 0.25) is 0 Å². The lowest BCUT2D eigenvalue weighted by atomic mass is 10.2. The first-order valence-electron chi connectivity index (χ1n) is 7.08. The number of nitrogens with one attached hydrogen (secondary N) is 1. The number of aryl methyl sites for hydroxylation is 1. The number of hydrogen-bond acceptors (Lipinski definition) is 6. The molecular formula is C16H20N2O3S2. The van der Waals surface area contributed by atoms with Gasteiger partial charge in [-0.05, 0) is 24.6 Å². The first-order chi connectivity index (χ1) is 11.1. The van der Waals surface area contributed by atoms with E-state index in [1.807, 2.05) is 30.5 Å². The second-order valence-electron chi connectivity index (χ2n) is 4.82. The van der Waals surface area contributed by atoms with Crippen molar-refractivity contribution in [3.63, 3.8) is 0 Å². The number of amides is 1. The summed E-state index contributed by atoms with van der Waals surface area (Å²) in [6.45, 7) is 2.45. The second kappa shape index (κ2) is 8.79. The molecular weight excluding hydrogens is 332 g/mol. The number of carbonyl (C=O) groups excluding carboxylic acids is 1. The summed E-state index contributed by atoms with van der Waals surface area (Å²) in [7, 11) is 3.19. The molecule has 1 aromatic carbocycles. The van der Waals surface area contributed by atoms with Crippen LogP contribution in [0.3, 0.4) is 0 Å². The number of benzene rings is 1. The number of rotatable bonds is 8. The van der Waals surface area contributed by atoms with Crippen molar-refractivity contribution in [2.24, 2.45) is 0 Å². The summed E-state index contributed by atoms with van der Waals surface area (Å²) in [5.41, 5.74) is 2.00. The van der Waals surface area contributed by atoms with Gasteiger partial charge >= 0.3 is 0 Å². The van der Waals surface area contributed by atoms with E-state index in [1.165, 1.54) is 0 Å². The summed E-state index contributed by atoms with van der Waals surface area (Å²) in [6, 6.07) is 5.61. The predicted octanol–water partition coefficient (Wildman–Crippen LogP) is 3.02. The average molecular weight is 352 g/mol. The Morgan fingerprint density at radius 1 is 1.30 bits per heavy atom. The molecule has 1 heterocycles. The highest BCUT2D eigenvalue weighted by Crippen LogP contribution is 2.27. The molecule has 5 nitrogen and oxygen atoms in total. The average Bonchev–Trinajstić information content (AvgIpc) is 2.98. The van der Waals surface area contributed by atoms with Crippen LogP contribution in [-0.4, -0.2) is 30.9 Å². The van der Waals surface area contributed by atoms with Crippen molar-refractivity contribution in [1.29, 1.82) is 0 Å². The maximum absolute atomic E-state index is 11.9. The lowest BCUT2D eigenvalue weighted by Crippen LogP contribution is -2.24. The molecule has 0 bridgehead atoms. The monoisotopic (exact) mass is 352 g/mol. The van der Waals surface area contributed by atoms with Gasteiger partial charge in [0.1, 0.15) is 0 Å². The Labute approximate surface area is 144 Å². The Morgan fingerprint density at radius 3 is 2.74 bits per heavy atom. The van der Waals surface area contributed by atoms with E-state index in [0.717, 1.165) is 22.0 Å². The van der Waals surface area contributed by atoms with Crippen LogP contribution >= 0.6 is 23.1 Å². The highest BCUT2D eigenvalue weighted by molar-refractivity contribution is 7.99. The molecule has 2 rings (SSSR count). The molecule has 0 radical (unpaired) electrons. The van der Waals surface area contributed by atoms with Gasteiger partial charge < -0.3 is 14.8 Å². The lowest BCUT2D eigenvalue weighted by molar-refractivity contribution is -0.118. The molecule has 7 heteroatoms. The topological polar surface area (TPSA) is 60.5 Å². The third kappa shape index (κ3) is 5.44. The molecule has 23 heavy (non-hydrogen) atoms. The summed E-state index contributed by atoms with van der Waals surface area (Å²) in [4.78, 5) is 16.3. The minimum absolute atomic E-state index is 0.0109. The van der Waals surface area contributed by atoms with Crippen molar-refractivity contribution in [2.45, 2.75) is 19.2 Å². The highest BCUT2D eigenvalue weighted by Gasteiger charge is 2.07. The van der Waals surface area contributed by atoms with Gasteiger partial charge in [0, 0.05) is 17.7 Å². The molecule has 2 aromatic rings. The lowest BCUT2D eigenvalue weighted by Gasteiger charge is -2.10. The zero-order chi connectivity index (χ0) is 16.7. The normalized spacial score (nSPS) is 10.4. The SMILES string of the molecule is COc1ccc(CNC(=O)CSCc2csc(C)n2)cc1OC. The van der Waals surface area contributed by atoms with Crippen LogP contribution in [-0.2, 0) is 17.1 Å². The minimum atomic E-state index is 0.0109. The number of hydrogen-bond donors (Lipinski definition) is 1. The molecule has 0 aliphatic rings. The minimum Gasteiger partial charge on any atom is -0.493 e. The molecule has 0 saturated heterocycles. The van der Waals surface area contributed by atoms with Gasteiger partial charge in [0.05, 0.1) is 30.7 Å².